The first-order valence-electron chi connectivity index (χ1n) is 8.78. The summed E-state index contributed by atoms with van der Waals surface area (Å²) in [5.41, 5.74) is 2.97. The molecule has 3 rings (SSSR count). The van der Waals surface area contributed by atoms with Crippen molar-refractivity contribution >= 4 is 29.2 Å². The molecule has 0 fully saturated rings. The van der Waals surface area contributed by atoms with Crippen LogP contribution < -0.4 is 10.6 Å². The van der Waals surface area contributed by atoms with Gasteiger partial charge in [-0.25, -0.2) is 14.8 Å². The Kier molecular flexibility index (Phi) is 5.96. The standard InChI is InChI=1S/C21H20N4O3/c1-3-14-8-4-6-10-17(14)25-21-22-12-15(13-23-21)19(26)24-18-11-7-5-9-16(18)20(27)28-2/h4-13H,3H2,1-2H3,(H,24,26)(H,22,23,25). The number of hydrogen-bond acceptors (Lipinski definition) is 6. The van der Waals surface area contributed by atoms with Crippen molar-refractivity contribution in [3.63, 3.8) is 0 Å². The molecular formula is C21H20N4O3. The fourth-order valence-electron chi connectivity index (χ4n) is 2.66. The van der Waals surface area contributed by atoms with Crippen molar-refractivity contribution in [3.05, 3.63) is 77.6 Å². The number of benzene rings is 2. The van der Waals surface area contributed by atoms with E-state index in [0.717, 1.165) is 17.7 Å². The highest BCUT2D eigenvalue weighted by Gasteiger charge is 2.15. The van der Waals surface area contributed by atoms with Gasteiger partial charge in [0.05, 0.1) is 23.9 Å². The van der Waals surface area contributed by atoms with Gasteiger partial charge in [-0.15, -0.1) is 0 Å². The van der Waals surface area contributed by atoms with Crippen molar-refractivity contribution < 1.29 is 14.3 Å². The number of amides is 1. The van der Waals surface area contributed by atoms with Crippen LogP contribution in [0.5, 0.6) is 0 Å². The molecule has 0 saturated carbocycles. The van der Waals surface area contributed by atoms with Crippen LogP contribution >= 0.6 is 0 Å². The van der Waals surface area contributed by atoms with E-state index in [4.69, 9.17) is 4.74 Å². The first-order chi connectivity index (χ1) is 13.6. The van der Waals surface area contributed by atoms with E-state index in [1.807, 2.05) is 24.3 Å². The number of methoxy groups -OCH3 is 1. The molecule has 0 unspecified atom stereocenters. The minimum atomic E-state index is -0.527. The molecule has 0 bridgehead atoms. The summed E-state index contributed by atoms with van der Waals surface area (Å²) in [6, 6.07) is 14.5. The van der Waals surface area contributed by atoms with Crippen molar-refractivity contribution in [1.29, 1.82) is 0 Å². The van der Waals surface area contributed by atoms with Gasteiger partial charge in [-0.1, -0.05) is 37.3 Å². The molecule has 28 heavy (non-hydrogen) atoms. The van der Waals surface area contributed by atoms with Gasteiger partial charge in [-0.05, 0) is 30.2 Å². The average Bonchev–Trinajstić information content (AvgIpc) is 2.74. The van der Waals surface area contributed by atoms with Crippen molar-refractivity contribution in [3.8, 4) is 0 Å². The van der Waals surface area contributed by atoms with Crippen LogP contribution in [-0.4, -0.2) is 29.0 Å². The molecule has 0 spiro atoms. The number of hydrogen-bond donors (Lipinski definition) is 2. The summed E-state index contributed by atoms with van der Waals surface area (Å²) >= 11 is 0. The summed E-state index contributed by atoms with van der Waals surface area (Å²) in [4.78, 5) is 32.7. The number of ether oxygens (including phenoxy) is 1. The minimum Gasteiger partial charge on any atom is -0.465 e. The third-order valence-corrected chi connectivity index (χ3v) is 4.14. The third-order valence-electron chi connectivity index (χ3n) is 4.14. The first kappa shape index (κ1) is 19.0. The van der Waals surface area contributed by atoms with Gasteiger partial charge in [0.2, 0.25) is 5.95 Å². The van der Waals surface area contributed by atoms with Gasteiger partial charge < -0.3 is 15.4 Å². The Labute approximate surface area is 162 Å². The van der Waals surface area contributed by atoms with E-state index in [1.165, 1.54) is 19.5 Å². The highest BCUT2D eigenvalue weighted by atomic mass is 16.5. The van der Waals surface area contributed by atoms with Crippen molar-refractivity contribution in [1.82, 2.24) is 9.97 Å². The summed E-state index contributed by atoms with van der Waals surface area (Å²) in [5, 5.41) is 5.85. The number of aromatic nitrogens is 2. The number of esters is 1. The summed E-state index contributed by atoms with van der Waals surface area (Å²) < 4.78 is 4.73. The fourth-order valence-corrected chi connectivity index (χ4v) is 2.66. The van der Waals surface area contributed by atoms with Gasteiger partial charge in [0, 0.05) is 18.1 Å². The number of para-hydroxylation sites is 2. The maximum Gasteiger partial charge on any atom is 0.339 e. The molecule has 0 radical (unpaired) electrons. The summed E-state index contributed by atoms with van der Waals surface area (Å²) in [6.07, 6.45) is 3.74. The molecule has 7 heteroatoms. The van der Waals surface area contributed by atoms with E-state index in [-0.39, 0.29) is 11.1 Å². The highest BCUT2D eigenvalue weighted by Crippen LogP contribution is 2.20. The molecule has 1 amide bonds. The topological polar surface area (TPSA) is 93.2 Å². The lowest BCUT2D eigenvalue weighted by molar-refractivity contribution is 0.0602. The van der Waals surface area contributed by atoms with Crippen LogP contribution in [0.15, 0.2) is 60.9 Å². The lowest BCUT2D eigenvalue weighted by atomic mass is 10.1. The number of carbonyl (C=O) groups is 2. The predicted octanol–water partition coefficient (Wildman–Crippen LogP) is 3.82. The number of nitrogens with one attached hydrogen (secondary N) is 2. The Balaban J connectivity index is 1.73. The number of nitrogens with zero attached hydrogens (tertiary/aromatic N) is 2. The Morgan fingerprint density at radius 3 is 2.29 bits per heavy atom. The van der Waals surface area contributed by atoms with Gasteiger partial charge in [0.25, 0.3) is 5.91 Å². The van der Waals surface area contributed by atoms with E-state index in [2.05, 4.69) is 27.5 Å². The van der Waals surface area contributed by atoms with E-state index >= 15 is 0 Å². The molecule has 0 saturated heterocycles. The van der Waals surface area contributed by atoms with Crippen LogP contribution in [0.2, 0.25) is 0 Å². The summed E-state index contributed by atoms with van der Waals surface area (Å²) in [6.45, 7) is 2.07. The van der Waals surface area contributed by atoms with E-state index in [9.17, 15) is 9.59 Å². The monoisotopic (exact) mass is 376 g/mol. The number of anilines is 3. The molecular weight excluding hydrogens is 356 g/mol. The molecule has 0 aliphatic carbocycles. The molecule has 0 atom stereocenters. The second-order valence-electron chi connectivity index (χ2n) is 5.92. The van der Waals surface area contributed by atoms with E-state index in [1.54, 1.807) is 24.3 Å². The largest absolute Gasteiger partial charge is 0.465 e. The minimum absolute atomic E-state index is 0.272. The Hall–Kier alpha value is -3.74. The van der Waals surface area contributed by atoms with Gasteiger partial charge in [-0.3, -0.25) is 4.79 Å². The molecule has 1 heterocycles. The zero-order valence-corrected chi connectivity index (χ0v) is 15.6. The number of aryl methyl sites for hydroxylation is 1. The van der Waals surface area contributed by atoms with Crippen LogP contribution in [0.1, 0.15) is 33.2 Å². The maximum absolute atomic E-state index is 12.5. The van der Waals surface area contributed by atoms with Crippen molar-refractivity contribution in [2.24, 2.45) is 0 Å². The van der Waals surface area contributed by atoms with Gasteiger partial charge in [0.15, 0.2) is 0 Å². The summed E-state index contributed by atoms with van der Waals surface area (Å²) in [5.74, 6) is -0.550. The molecule has 142 valence electrons. The third kappa shape index (κ3) is 4.32. The number of carbonyl (C=O) groups excluding carboxylic acids is 2. The zero-order valence-electron chi connectivity index (χ0n) is 15.6. The van der Waals surface area contributed by atoms with Crippen LogP contribution in [-0.2, 0) is 11.2 Å². The second kappa shape index (κ2) is 8.77. The van der Waals surface area contributed by atoms with E-state index in [0.29, 0.717) is 11.6 Å². The van der Waals surface area contributed by atoms with Crippen LogP contribution in [0.4, 0.5) is 17.3 Å². The summed E-state index contributed by atoms with van der Waals surface area (Å²) in [7, 11) is 1.29. The lowest BCUT2D eigenvalue weighted by Gasteiger charge is -2.11. The molecule has 0 aliphatic rings. The van der Waals surface area contributed by atoms with Crippen LogP contribution in [0.3, 0.4) is 0 Å². The van der Waals surface area contributed by atoms with Gasteiger partial charge >= 0.3 is 5.97 Å². The molecule has 3 aromatic rings. The number of rotatable bonds is 6. The highest BCUT2D eigenvalue weighted by molar-refractivity contribution is 6.07. The predicted molar refractivity (Wildman–Crippen MR) is 107 cm³/mol. The maximum atomic E-state index is 12.5. The average molecular weight is 376 g/mol. The van der Waals surface area contributed by atoms with Crippen LogP contribution in [0, 0.1) is 0 Å². The van der Waals surface area contributed by atoms with E-state index < -0.39 is 11.9 Å². The van der Waals surface area contributed by atoms with Crippen LogP contribution in [0.25, 0.3) is 0 Å². The smallest absolute Gasteiger partial charge is 0.339 e. The quantitative estimate of drug-likeness (QED) is 0.635. The van der Waals surface area contributed by atoms with Gasteiger partial charge in [0.1, 0.15) is 0 Å². The molecule has 0 aliphatic heterocycles. The second-order valence-corrected chi connectivity index (χ2v) is 5.92. The Morgan fingerprint density at radius 2 is 1.61 bits per heavy atom. The lowest BCUT2D eigenvalue weighted by Crippen LogP contribution is -2.16. The molecule has 2 N–H and O–H groups in total. The van der Waals surface area contributed by atoms with Crippen molar-refractivity contribution in [2.75, 3.05) is 17.7 Å². The molecule has 1 aromatic heterocycles. The fraction of sp³-hybridized carbons (Fsp3) is 0.143. The van der Waals surface area contributed by atoms with Gasteiger partial charge in [-0.2, -0.15) is 0 Å². The van der Waals surface area contributed by atoms with Crippen molar-refractivity contribution in [2.45, 2.75) is 13.3 Å². The molecule has 7 nitrogen and oxygen atoms in total. The normalized spacial score (nSPS) is 10.2. The SMILES string of the molecule is CCc1ccccc1Nc1ncc(C(=O)Nc2ccccc2C(=O)OC)cn1. The Bertz CT molecular complexity index is 987. The molecule has 2 aromatic carbocycles. The zero-order chi connectivity index (χ0) is 19.9. The first-order valence-corrected chi connectivity index (χ1v) is 8.78. The Morgan fingerprint density at radius 1 is 0.964 bits per heavy atom.